The normalized spacial score (nSPS) is 13.4. The Kier molecular flexibility index (Phi) is 4.71. The lowest BCUT2D eigenvalue weighted by Crippen LogP contribution is -2.29. The minimum atomic E-state index is -3.79. The molecule has 0 aliphatic carbocycles. The maximum atomic E-state index is 13.2. The molecule has 0 amide bonds. The van der Waals surface area contributed by atoms with E-state index >= 15 is 0 Å². The van der Waals surface area contributed by atoms with Crippen LogP contribution in [-0.4, -0.2) is 30.9 Å². The van der Waals surface area contributed by atoms with Gasteiger partial charge in [-0.1, -0.05) is 36.4 Å². The monoisotopic (exact) mass is 433 g/mol. The van der Waals surface area contributed by atoms with Crippen molar-refractivity contribution >= 4 is 32.7 Å². The quantitative estimate of drug-likeness (QED) is 0.485. The molecule has 0 unspecified atom stereocenters. The molecule has 4 aromatic rings. The van der Waals surface area contributed by atoms with E-state index in [9.17, 15) is 13.2 Å². The zero-order valence-corrected chi connectivity index (χ0v) is 17.3. The largest absolute Gasteiger partial charge is 0.454 e. The molecule has 0 fully saturated rings. The van der Waals surface area contributed by atoms with Gasteiger partial charge >= 0.3 is 5.97 Å². The number of aromatic amines is 1. The van der Waals surface area contributed by atoms with Gasteiger partial charge in [0.25, 0.3) is 10.0 Å². The highest BCUT2D eigenvalue weighted by Gasteiger charge is 2.31. The number of H-pyrrole nitrogens is 1. The lowest BCUT2D eigenvalue weighted by atomic mass is 10.2. The van der Waals surface area contributed by atoms with Crippen molar-refractivity contribution in [2.45, 2.75) is 17.9 Å². The van der Waals surface area contributed by atoms with E-state index in [1.54, 1.807) is 12.1 Å². The highest BCUT2D eigenvalue weighted by Crippen LogP contribution is 2.32. The molecule has 0 saturated carbocycles. The number of anilines is 1. The van der Waals surface area contributed by atoms with Gasteiger partial charge in [-0.05, 0) is 48.4 Å². The van der Waals surface area contributed by atoms with Crippen LogP contribution in [-0.2, 0) is 27.8 Å². The highest BCUT2D eigenvalue weighted by molar-refractivity contribution is 7.92. The predicted molar refractivity (Wildman–Crippen MR) is 116 cm³/mol. The van der Waals surface area contributed by atoms with Crippen LogP contribution < -0.4 is 4.31 Å². The standard InChI is InChI=1S/C23H19N3O4S/c27-23(30-15-22-24-19-9-2-3-10-20(19)25-22)17-7-5-8-18(14-17)31(28,29)26-13-12-16-6-1-4-11-21(16)26/h1-11,14H,12-13,15H2,(H,24,25). The van der Waals surface area contributed by atoms with Crippen LogP contribution in [0.1, 0.15) is 21.7 Å². The first-order chi connectivity index (χ1) is 15.0. The van der Waals surface area contributed by atoms with Gasteiger partial charge in [0.2, 0.25) is 0 Å². The average molecular weight is 433 g/mol. The number of carbonyl (C=O) groups excluding carboxylic acids is 1. The number of carbonyl (C=O) groups is 1. The van der Waals surface area contributed by atoms with Gasteiger partial charge in [-0.25, -0.2) is 18.2 Å². The summed E-state index contributed by atoms with van der Waals surface area (Å²) in [7, 11) is -3.79. The fraction of sp³-hybridized carbons (Fsp3) is 0.130. The van der Waals surface area contributed by atoms with Crippen molar-refractivity contribution in [3.05, 3.63) is 89.7 Å². The molecule has 1 aliphatic rings. The molecular weight excluding hydrogens is 414 g/mol. The molecule has 156 valence electrons. The van der Waals surface area contributed by atoms with E-state index in [1.807, 2.05) is 42.5 Å². The molecule has 3 aromatic carbocycles. The van der Waals surface area contributed by atoms with Crippen molar-refractivity contribution in [1.29, 1.82) is 0 Å². The van der Waals surface area contributed by atoms with E-state index in [1.165, 1.54) is 22.5 Å². The number of sulfonamides is 1. The maximum absolute atomic E-state index is 13.2. The number of hydrogen-bond donors (Lipinski definition) is 1. The van der Waals surface area contributed by atoms with E-state index in [-0.39, 0.29) is 17.1 Å². The number of para-hydroxylation sites is 3. The van der Waals surface area contributed by atoms with Crippen LogP contribution in [0.15, 0.2) is 77.7 Å². The Morgan fingerprint density at radius 3 is 2.71 bits per heavy atom. The molecular formula is C23H19N3O4S. The summed E-state index contributed by atoms with van der Waals surface area (Å²) < 4.78 is 33.2. The molecule has 0 radical (unpaired) electrons. The van der Waals surface area contributed by atoms with Crippen molar-refractivity contribution in [3.8, 4) is 0 Å². The third kappa shape index (κ3) is 3.55. The maximum Gasteiger partial charge on any atom is 0.338 e. The Hall–Kier alpha value is -3.65. The number of nitrogens with zero attached hydrogens (tertiary/aromatic N) is 2. The minimum absolute atomic E-state index is 0.0377. The number of aromatic nitrogens is 2. The minimum Gasteiger partial charge on any atom is -0.454 e. The Balaban J connectivity index is 1.35. The van der Waals surface area contributed by atoms with Gasteiger partial charge in [-0.2, -0.15) is 0 Å². The summed E-state index contributed by atoms with van der Waals surface area (Å²) >= 11 is 0. The van der Waals surface area contributed by atoms with Crippen molar-refractivity contribution in [2.75, 3.05) is 10.8 Å². The van der Waals surface area contributed by atoms with Crippen LogP contribution in [0.5, 0.6) is 0 Å². The lowest BCUT2D eigenvalue weighted by molar-refractivity contribution is 0.0463. The molecule has 0 spiro atoms. The first-order valence-corrected chi connectivity index (χ1v) is 11.3. The number of benzene rings is 3. The molecule has 1 aliphatic heterocycles. The van der Waals surface area contributed by atoms with Crippen LogP contribution in [0, 0.1) is 0 Å². The fourth-order valence-corrected chi connectivity index (χ4v) is 5.31. The molecule has 5 rings (SSSR count). The van der Waals surface area contributed by atoms with Crippen LogP contribution in [0.25, 0.3) is 11.0 Å². The van der Waals surface area contributed by atoms with E-state index in [0.29, 0.717) is 24.5 Å². The number of ether oxygens (including phenoxy) is 1. The zero-order valence-electron chi connectivity index (χ0n) is 16.5. The first kappa shape index (κ1) is 19.3. The van der Waals surface area contributed by atoms with Gasteiger partial charge in [0.1, 0.15) is 12.4 Å². The second kappa shape index (κ2) is 7.55. The SMILES string of the molecule is O=C(OCc1nc2ccccc2[nH]1)c1cccc(S(=O)(=O)N2CCc3ccccc32)c1. The van der Waals surface area contributed by atoms with Gasteiger partial charge < -0.3 is 9.72 Å². The summed E-state index contributed by atoms with van der Waals surface area (Å²) in [6.07, 6.45) is 0.661. The molecule has 1 N–H and O–H groups in total. The molecule has 0 bridgehead atoms. The average Bonchev–Trinajstić information content (AvgIpc) is 3.41. The Morgan fingerprint density at radius 2 is 1.84 bits per heavy atom. The summed E-state index contributed by atoms with van der Waals surface area (Å²) in [5.74, 6) is -0.0914. The van der Waals surface area contributed by atoms with Gasteiger partial charge in [-0.15, -0.1) is 0 Å². The summed E-state index contributed by atoms with van der Waals surface area (Å²) in [6.45, 7) is 0.340. The van der Waals surface area contributed by atoms with Crippen LogP contribution >= 0.6 is 0 Å². The third-order valence-corrected chi connectivity index (χ3v) is 7.09. The number of rotatable bonds is 5. The lowest BCUT2D eigenvalue weighted by Gasteiger charge is -2.19. The van der Waals surface area contributed by atoms with Crippen molar-refractivity contribution in [3.63, 3.8) is 0 Å². The molecule has 31 heavy (non-hydrogen) atoms. The van der Waals surface area contributed by atoms with Gasteiger partial charge in [0.05, 0.1) is 27.2 Å². The zero-order chi connectivity index (χ0) is 21.4. The summed E-state index contributed by atoms with van der Waals surface area (Å²) in [6, 6.07) is 20.9. The molecule has 8 heteroatoms. The molecule has 7 nitrogen and oxygen atoms in total. The molecule has 1 aromatic heterocycles. The summed E-state index contributed by atoms with van der Waals surface area (Å²) in [4.78, 5) is 20.1. The van der Waals surface area contributed by atoms with E-state index in [4.69, 9.17) is 4.74 Å². The third-order valence-electron chi connectivity index (χ3n) is 5.28. The highest BCUT2D eigenvalue weighted by atomic mass is 32.2. The van der Waals surface area contributed by atoms with Crippen molar-refractivity contribution < 1.29 is 17.9 Å². The molecule has 0 saturated heterocycles. The smallest absolute Gasteiger partial charge is 0.338 e. The second-order valence-electron chi connectivity index (χ2n) is 7.26. The van der Waals surface area contributed by atoms with Gasteiger partial charge in [-0.3, -0.25) is 4.31 Å². The van der Waals surface area contributed by atoms with E-state index < -0.39 is 16.0 Å². The topological polar surface area (TPSA) is 92.4 Å². The van der Waals surface area contributed by atoms with E-state index in [0.717, 1.165) is 16.6 Å². The van der Waals surface area contributed by atoms with Crippen LogP contribution in [0.3, 0.4) is 0 Å². The fourth-order valence-electron chi connectivity index (χ4n) is 3.76. The Morgan fingerprint density at radius 1 is 1.03 bits per heavy atom. The number of esters is 1. The van der Waals surface area contributed by atoms with Crippen molar-refractivity contribution in [2.24, 2.45) is 0 Å². The second-order valence-corrected chi connectivity index (χ2v) is 9.12. The summed E-state index contributed by atoms with van der Waals surface area (Å²) in [5.41, 5.74) is 3.48. The molecule has 2 heterocycles. The van der Waals surface area contributed by atoms with Crippen LogP contribution in [0.4, 0.5) is 5.69 Å². The van der Waals surface area contributed by atoms with Crippen LogP contribution in [0.2, 0.25) is 0 Å². The number of fused-ring (bicyclic) bond motifs is 2. The van der Waals surface area contributed by atoms with Gasteiger partial charge in [0.15, 0.2) is 0 Å². The predicted octanol–water partition coefficient (Wildman–Crippen LogP) is 3.67. The van der Waals surface area contributed by atoms with E-state index in [2.05, 4.69) is 9.97 Å². The first-order valence-electron chi connectivity index (χ1n) is 9.84. The Bertz CT molecular complexity index is 1360. The number of imidazole rings is 1. The Labute approximate surface area is 179 Å². The summed E-state index contributed by atoms with van der Waals surface area (Å²) in [5, 5.41) is 0. The van der Waals surface area contributed by atoms with Gasteiger partial charge in [0, 0.05) is 6.54 Å². The van der Waals surface area contributed by atoms with Crippen molar-refractivity contribution in [1.82, 2.24) is 9.97 Å². The number of hydrogen-bond acceptors (Lipinski definition) is 5. The number of nitrogens with one attached hydrogen (secondary N) is 1. The molecule has 0 atom stereocenters.